The number of carbonyl (C=O) groups is 1. The molecule has 0 bridgehead atoms. The highest BCUT2D eigenvalue weighted by Crippen LogP contribution is 1.79. The topological polar surface area (TPSA) is 95.7 Å². The molecule has 0 radical (unpaired) electrons. The van der Waals surface area contributed by atoms with Gasteiger partial charge in [-0.15, -0.1) is 0 Å². The lowest BCUT2D eigenvalue weighted by molar-refractivity contribution is 0.100. The summed E-state index contributed by atoms with van der Waals surface area (Å²) in [5, 5.41) is 5.18. The molecule has 0 amide bonds. The molecular weight excluding hydrogens is 174 g/mol. The van der Waals surface area contributed by atoms with Crippen molar-refractivity contribution in [1.82, 2.24) is 15.2 Å². The first-order valence-corrected chi connectivity index (χ1v) is 3.81. The lowest BCUT2D eigenvalue weighted by Crippen LogP contribution is -2.32. The summed E-state index contributed by atoms with van der Waals surface area (Å²) in [6, 6.07) is 0. The zero-order valence-corrected chi connectivity index (χ0v) is 7.67. The Morgan fingerprint density at radius 2 is 1.77 bits per heavy atom. The third-order valence-corrected chi connectivity index (χ3v) is 1.04. The van der Waals surface area contributed by atoms with Crippen molar-refractivity contribution in [3.63, 3.8) is 0 Å². The maximum atomic E-state index is 10.6. The number of aromatic nitrogens is 3. The smallest absolute Gasteiger partial charge is 0.298 e. The molecule has 1 aromatic heterocycles. The summed E-state index contributed by atoms with van der Waals surface area (Å²) in [6.07, 6.45) is 0. The molecule has 1 rings (SSSR count). The van der Waals surface area contributed by atoms with Crippen LogP contribution < -0.4 is 11.1 Å². The van der Waals surface area contributed by atoms with Gasteiger partial charge in [0.2, 0.25) is 0 Å². The number of carbonyl (C=O) groups excluding carboxylic acids is 1. The number of aromatic amines is 2. The van der Waals surface area contributed by atoms with Crippen LogP contribution in [0.3, 0.4) is 0 Å². The van der Waals surface area contributed by atoms with Gasteiger partial charge in [-0.3, -0.25) is 19.4 Å². The second-order valence-electron chi connectivity index (χ2n) is 1.91. The van der Waals surface area contributed by atoms with Crippen LogP contribution in [0.5, 0.6) is 0 Å². The fraction of sp³-hybridized carbons (Fsp3) is 0.429. The number of rotatable bonds is 1. The van der Waals surface area contributed by atoms with Crippen molar-refractivity contribution >= 4 is 5.78 Å². The maximum Gasteiger partial charge on any atom is 0.329 e. The highest BCUT2D eigenvalue weighted by molar-refractivity contribution is 5.89. The van der Waals surface area contributed by atoms with Gasteiger partial charge < -0.3 is 0 Å². The van der Waals surface area contributed by atoms with Crippen molar-refractivity contribution in [1.29, 1.82) is 0 Å². The zero-order chi connectivity index (χ0) is 10.4. The van der Waals surface area contributed by atoms with E-state index in [-0.39, 0.29) is 5.82 Å². The average molecular weight is 185 g/mol. The highest BCUT2D eigenvalue weighted by atomic mass is 16.2. The average Bonchev–Trinajstić information content (AvgIpc) is 2.13. The van der Waals surface area contributed by atoms with Crippen molar-refractivity contribution < 1.29 is 4.79 Å². The van der Waals surface area contributed by atoms with Gasteiger partial charge in [0.05, 0.1) is 0 Å². The fourth-order valence-corrected chi connectivity index (χ4v) is 0.516. The second-order valence-corrected chi connectivity index (χ2v) is 1.91. The molecule has 6 nitrogen and oxygen atoms in total. The van der Waals surface area contributed by atoms with Gasteiger partial charge in [0, 0.05) is 6.92 Å². The molecule has 0 aromatic carbocycles. The van der Waals surface area contributed by atoms with E-state index < -0.39 is 16.9 Å². The van der Waals surface area contributed by atoms with E-state index in [2.05, 4.69) is 5.10 Å². The second kappa shape index (κ2) is 5.02. The molecule has 0 fully saturated rings. The summed E-state index contributed by atoms with van der Waals surface area (Å²) in [4.78, 5) is 33.5. The third kappa shape index (κ3) is 3.02. The van der Waals surface area contributed by atoms with Crippen LogP contribution in [0.4, 0.5) is 0 Å². The summed E-state index contributed by atoms with van der Waals surface area (Å²) in [5.74, 6) is -0.548. The van der Waals surface area contributed by atoms with E-state index >= 15 is 0 Å². The lowest BCUT2D eigenvalue weighted by atomic mass is 10.4. The van der Waals surface area contributed by atoms with Crippen LogP contribution >= 0.6 is 0 Å². The minimum absolute atomic E-state index is 0.144. The van der Waals surface area contributed by atoms with E-state index in [1.807, 2.05) is 23.9 Å². The van der Waals surface area contributed by atoms with E-state index in [4.69, 9.17) is 0 Å². The van der Waals surface area contributed by atoms with Crippen LogP contribution in [0, 0.1) is 0 Å². The molecule has 0 aliphatic carbocycles. The Balaban J connectivity index is 0.000000671. The summed E-state index contributed by atoms with van der Waals surface area (Å²) in [5.41, 5.74) is -1.74. The molecule has 13 heavy (non-hydrogen) atoms. The molecule has 1 heterocycles. The molecule has 0 atom stereocenters. The van der Waals surface area contributed by atoms with Crippen LogP contribution in [0.2, 0.25) is 0 Å². The maximum absolute atomic E-state index is 10.6. The molecule has 6 heteroatoms. The lowest BCUT2D eigenvalue weighted by Gasteiger charge is -1.89. The molecule has 72 valence electrons. The van der Waals surface area contributed by atoms with Crippen molar-refractivity contribution in [2.45, 2.75) is 20.8 Å². The molecule has 1 aromatic rings. The third-order valence-electron chi connectivity index (χ3n) is 1.04. The quantitative estimate of drug-likeness (QED) is 0.463. The standard InChI is InChI=1S/C5H5N3O3.C2H6/c1-2(9)3-6-4(10)5(11)8-7-3;1-2/h1H3,(H,8,11)(H,6,7,10);1-2H3. The number of nitrogens with zero attached hydrogens (tertiary/aromatic N) is 1. The number of hydrogen-bond donors (Lipinski definition) is 2. The number of nitrogens with one attached hydrogen (secondary N) is 2. The van der Waals surface area contributed by atoms with Gasteiger partial charge in [0.1, 0.15) is 0 Å². The highest BCUT2D eigenvalue weighted by Gasteiger charge is 2.02. The Morgan fingerprint density at radius 1 is 1.23 bits per heavy atom. The summed E-state index contributed by atoms with van der Waals surface area (Å²) >= 11 is 0. The minimum Gasteiger partial charge on any atom is -0.298 e. The van der Waals surface area contributed by atoms with Crippen molar-refractivity contribution in [2.24, 2.45) is 0 Å². The molecule has 0 spiro atoms. The molecule has 0 unspecified atom stereocenters. The Bertz CT molecular complexity index is 390. The largest absolute Gasteiger partial charge is 0.329 e. The summed E-state index contributed by atoms with van der Waals surface area (Å²) in [7, 11) is 0. The molecular formula is C7H11N3O3. The van der Waals surface area contributed by atoms with Gasteiger partial charge in [-0.2, -0.15) is 5.10 Å². The Labute approximate surface area is 74.0 Å². The van der Waals surface area contributed by atoms with Crippen LogP contribution in [0.1, 0.15) is 31.4 Å². The normalized spacial score (nSPS) is 8.54. The van der Waals surface area contributed by atoms with Crippen molar-refractivity contribution in [2.75, 3.05) is 0 Å². The Hall–Kier alpha value is -1.72. The van der Waals surface area contributed by atoms with Crippen molar-refractivity contribution in [3.05, 3.63) is 26.5 Å². The number of ketones is 1. The first-order chi connectivity index (χ1) is 6.11. The van der Waals surface area contributed by atoms with Crippen molar-refractivity contribution in [3.8, 4) is 0 Å². The van der Waals surface area contributed by atoms with Gasteiger partial charge in [-0.05, 0) is 0 Å². The number of hydrogen-bond acceptors (Lipinski definition) is 4. The van der Waals surface area contributed by atoms with E-state index in [1.54, 1.807) is 0 Å². The first-order valence-electron chi connectivity index (χ1n) is 3.81. The predicted molar refractivity (Wildman–Crippen MR) is 46.8 cm³/mol. The number of Topliss-reactive ketones (excluding diaryl/α,β-unsaturated/α-hetero) is 1. The van der Waals surface area contributed by atoms with Gasteiger partial charge in [-0.1, -0.05) is 13.8 Å². The van der Waals surface area contributed by atoms with Gasteiger partial charge in [0.25, 0.3) is 0 Å². The predicted octanol–water partition coefficient (Wildman–Crippen LogP) is -0.313. The molecule has 0 saturated heterocycles. The fourth-order valence-electron chi connectivity index (χ4n) is 0.516. The van der Waals surface area contributed by atoms with Crippen LogP contribution in [-0.4, -0.2) is 21.0 Å². The van der Waals surface area contributed by atoms with E-state index in [9.17, 15) is 14.4 Å². The Morgan fingerprint density at radius 3 is 2.15 bits per heavy atom. The van der Waals surface area contributed by atoms with Gasteiger partial charge in [0.15, 0.2) is 11.6 Å². The van der Waals surface area contributed by atoms with Gasteiger partial charge >= 0.3 is 11.1 Å². The van der Waals surface area contributed by atoms with E-state index in [0.717, 1.165) is 0 Å². The van der Waals surface area contributed by atoms with Crippen LogP contribution in [0.25, 0.3) is 0 Å². The summed E-state index contributed by atoms with van der Waals surface area (Å²) in [6.45, 7) is 5.23. The molecule has 0 saturated carbocycles. The number of H-pyrrole nitrogens is 2. The first kappa shape index (κ1) is 11.3. The molecule has 0 aliphatic heterocycles. The van der Waals surface area contributed by atoms with Gasteiger partial charge in [-0.25, -0.2) is 5.10 Å². The molecule has 2 N–H and O–H groups in total. The van der Waals surface area contributed by atoms with Crippen LogP contribution in [-0.2, 0) is 0 Å². The summed E-state index contributed by atoms with van der Waals surface area (Å²) < 4.78 is 0. The zero-order valence-electron chi connectivity index (χ0n) is 7.67. The monoisotopic (exact) mass is 185 g/mol. The Kier molecular flexibility index (Phi) is 4.36. The molecule has 0 aliphatic rings. The minimum atomic E-state index is -0.870. The van der Waals surface area contributed by atoms with Crippen LogP contribution in [0.15, 0.2) is 9.59 Å². The SMILES string of the molecule is CC.CC(=O)c1n[nH]c(=O)c(=O)[nH]1. The van der Waals surface area contributed by atoms with E-state index in [1.165, 1.54) is 6.92 Å². The van der Waals surface area contributed by atoms with E-state index in [0.29, 0.717) is 0 Å².